The Morgan fingerprint density at radius 1 is 1.14 bits per heavy atom. The third-order valence-corrected chi connectivity index (χ3v) is 4.76. The number of ketones is 1. The molecule has 1 aliphatic rings. The zero-order valence-electron chi connectivity index (χ0n) is 14.1. The maximum absolute atomic E-state index is 12.6. The number of methoxy groups -OCH3 is 1. The van der Waals surface area contributed by atoms with Gasteiger partial charge < -0.3 is 10.1 Å². The van der Waals surface area contributed by atoms with Gasteiger partial charge in [0.25, 0.3) is 0 Å². The minimum atomic E-state index is -0.522. The second kappa shape index (κ2) is 8.40. The Kier molecular flexibility index (Phi) is 7.20. The fourth-order valence-electron chi connectivity index (χ4n) is 3.56. The largest absolute Gasteiger partial charge is 0.453 e. The van der Waals surface area contributed by atoms with Crippen LogP contribution < -0.4 is 5.32 Å². The van der Waals surface area contributed by atoms with Crippen LogP contribution in [0.3, 0.4) is 0 Å². The highest BCUT2D eigenvalue weighted by atomic mass is 16.5. The first-order valence-corrected chi connectivity index (χ1v) is 8.24. The number of alkyl carbamates (subject to hydrolysis) is 1. The lowest BCUT2D eigenvalue weighted by Crippen LogP contribution is -2.45. The summed E-state index contributed by atoms with van der Waals surface area (Å²) in [5, 5.41) is 2.69. The average Bonchev–Trinajstić information content (AvgIpc) is 2.44. The van der Waals surface area contributed by atoms with Gasteiger partial charge in [-0.3, -0.25) is 4.79 Å². The standard InChI is InChI=1S/C17H31NO3/c1-11(2)14-9-7-6-8-13(14)10-15(19)16(12(3)4)18-17(20)21-5/h11-14,16H,6-10H2,1-5H3,(H,18,20)/t13-,14-,16+/m1/s1. The summed E-state index contributed by atoms with van der Waals surface area (Å²) in [5.74, 6) is 1.94. The molecule has 0 saturated heterocycles. The topological polar surface area (TPSA) is 55.4 Å². The fourth-order valence-corrected chi connectivity index (χ4v) is 3.56. The molecule has 1 amide bonds. The van der Waals surface area contributed by atoms with Crippen molar-refractivity contribution < 1.29 is 14.3 Å². The molecule has 122 valence electrons. The van der Waals surface area contributed by atoms with E-state index in [4.69, 9.17) is 0 Å². The van der Waals surface area contributed by atoms with E-state index in [1.54, 1.807) is 0 Å². The van der Waals surface area contributed by atoms with Gasteiger partial charge in [-0.2, -0.15) is 0 Å². The van der Waals surface area contributed by atoms with E-state index in [1.807, 2.05) is 13.8 Å². The second-order valence-electron chi connectivity index (χ2n) is 6.98. The van der Waals surface area contributed by atoms with Crippen molar-refractivity contribution >= 4 is 11.9 Å². The molecule has 0 radical (unpaired) electrons. The van der Waals surface area contributed by atoms with Crippen LogP contribution in [-0.4, -0.2) is 25.0 Å². The Hall–Kier alpha value is -1.06. The van der Waals surface area contributed by atoms with Crippen LogP contribution in [0, 0.1) is 23.7 Å². The molecule has 0 heterocycles. The Morgan fingerprint density at radius 2 is 1.76 bits per heavy atom. The summed E-state index contributed by atoms with van der Waals surface area (Å²) in [5.41, 5.74) is 0. The molecule has 0 bridgehead atoms. The van der Waals surface area contributed by atoms with Crippen molar-refractivity contribution in [3.63, 3.8) is 0 Å². The van der Waals surface area contributed by atoms with E-state index in [2.05, 4.69) is 23.9 Å². The summed E-state index contributed by atoms with van der Waals surface area (Å²) in [4.78, 5) is 24.0. The number of hydrogen-bond donors (Lipinski definition) is 1. The van der Waals surface area contributed by atoms with Gasteiger partial charge in [0.1, 0.15) is 0 Å². The number of hydrogen-bond acceptors (Lipinski definition) is 3. The quantitative estimate of drug-likeness (QED) is 0.811. The van der Waals surface area contributed by atoms with Crippen molar-refractivity contribution in [1.82, 2.24) is 5.32 Å². The van der Waals surface area contributed by atoms with Crippen molar-refractivity contribution in [1.29, 1.82) is 0 Å². The van der Waals surface area contributed by atoms with Crippen LogP contribution in [0.2, 0.25) is 0 Å². The second-order valence-corrected chi connectivity index (χ2v) is 6.98. The number of carbonyl (C=O) groups excluding carboxylic acids is 2. The van der Waals surface area contributed by atoms with Gasteiger partial charge in [0.15, 0.2) is 5.78 Å². The molecule has 1 saturated carbocycles. The SMILES string of the molecule is COC(=O)N[C@H](C(=O)C[C@H]1CCCC[C@@H]1C(C)C)C(C)C. The molecule has 0 unspecified atom stereocenters. The van der Waals surface area contributed by atoms with Gasteiger partial charge >= 0.3 is 6.09 Å². The molecule has 4 nitrogen and oxygen atoms in total. The molecule has 1 aliphatic carbocycles. The van der Waals surface area contributed by atoms with E-state index in [1.165, 1.54) is 26.4 Å². The Balaban J connectivity index is 2.68. The van der Waals surface area contributed by atoms with E-state index in [0.29, 0.717) is 24.2 Å². The highest BCUT2D eigenvalue weighted by molar-refractivity contribution is 5.87. The number of rotatable bonds is 6. The molecule has 1 N–H and O–H groups in total. The fraction of sp³-hybridized carbons (Fsp3) is 0.882. The van der Waals surface area contributed by atoms with Gasteiger partial charge in [-0.05, 0) is 36.5 Å². The lowest BCUT2D eigenvalue weighted by Gasteiger charge is -2.35. The van der Waals surface area contributed by atoms with Gasteiger partial charge in [-0.1, -0.05) is 40.5 Å². The minimum Gasteiger partial charge on any atom is -0.453 e. The van der Waals surface area contributed by atoms with Gasteiger partial charge in [0, 0.05) is 6.42 Å². The lowest BCUT2D eigenvalue weighted by atomic mass is 9.71. The first kappa shape index (κ1) is 18.0. The van der Waals surface area contributed by atoms with Crippen molar-refractivity contribution in [2.75, 3.05) is 7.11 Å². The summed E-state index contributed by atoms with van der Waals surface area (Å²) in [6.07, 6.45) is 4.92. The van der Waals surface area contributed by atoms with E-state index >= 15 is 0 Å². The maximum Gasteiger partial charge on any atom is 0.407 e. The number of amides is 1. The summed E-state index contributed by atoms with van der Waals surface area (Å²) >= 11 is 0. The first-order valence-electron chi connectivity index (χ1n) is 8.24. The average molecular weight is 297 g/mol. The third-order valence-electron chi connectivity index (χ3n) is 4.76. The van der Waals surface area contributed by atoms with Crippen LogP contribution in [0.5, 0.6) is 0 Å². The molecule has 0 spiro atoms. The van der Waals surface area contributed by atoms with E-state index in [-0.39, 0.29) is 11.7 Å². The lowest BCUT2D eigenvalue weighted by molar-refractivity contribution is -0.123. The van der Waals surface area contributed by atoms with Gasteiger partial charge in [-0.25, -0.2) is 4.79 Å². The predicted molar refractivity (Wildman–Crippen MR) is 84.1 cm³/mol. The van der Waals surface area contributed by atoms with Gasteiger partial charge in [-0.15, -0.1) is 0 Å². The molecule has 0 aromatic heterocycles. The number of Topliss-reactive ketones (excluding diaryl/α,β-unsaturated/α-hetero) is 1. The van der Waals surface area contributed by atoms with E-state index in [9.17, 15) is 9.59 Å². The monoisotopic (exact) mass is 297 g/mol. The number of nitrogens with one attached hydrogen (secondary N) is 1. The summed E-state index contributed by atoms with van der Waals surface area (Å²) in [6, 6.07) is -0.438. The molecule has 3 atom stereocenters. The van der Waals surface area contributed by atoms with E-state index in [0.717, 1.165) is 6.42 Å². The smallest absolute Gasteiger partial charge is 0.407 e. The van der Waals surface area contributed by atoms with Gasteiger partial charge in [0.05, 0.1) is 13.2 Å². The minimum absolute atomic E-state index is 0.0812. The van der Waals surface area contributed by atoms with Crippen molar-refractivity contribution in [3.8, 4) is 0 Å². The van der Waals surface area contributed by atoms with Crippen LogP contribution in [0.4, 0.5) is 4.79 Å². The Labute approximate surface area is 129 Å². The summed E-state index contributed by atoms with van der Waals surface area (Å²) < 4.78 is 4.63. The van der Waals surface area contributed by atoms with E-state index < -0.39 is 12.1 Å². The molecule has 4 heteroatoms. The zero-order valence-corrected chi connectivity index (χ0v) is 14.1. The molecule has 1 fully saturated rings. The molecule has 0 aromatic carbocycles. The normalized spacial score (nSPS) is 24.0. The van der Waals surface area contributed by atoms with Crippen molar-refractivity contribution in [2.24, 2.45) is 23.7 Å². The third kappa shape index (κ3) is 5.33. The van der Waals surface area contributed by atoms with Crippen LogP contribution in [0.15, 0.2) is 0 Å². The first-order chi connectivity index (χ1) is 9.86. The van der Waals surface area contributed by atoms with Crippen LogP contribution in [0.25, 0.3) is 0 Å². The molecular formula is C17H31NO3. The van der Waals surface area contributed by atoms with Gasteiger partial charge in [0.2, 0.25) is 0 Å². The van der Waals surface area contributed by atoms with Crippen molar-refractivity contribution in [3.05, 3.63) is 0 Å². The Bertz CT molecular complexity index is 352. The molecule has 21 heavy (non-hydrogen) atoms. The molecule has 0 aliphatic heterocycles. The highest BCUT2D eigenvalue weighted by Crippen LogP contribution is 2.37. The van der Waals surface area contributed by atoms with Crippen LogP contribution >= 0.6 is 0 Å². The molecule has 0 aromatic rings. The number of ether oxygens (including phenoxy) is 1. The maximum atomic E-state index is 12.6. The Morgan fingerprint density at radius 3 is 2.29 bits per heavy atom. The zero-order chi connectivity index (χ0) is 16.0. The summed E-state index contributed by atoms with van der Waals surface area (Å²) in [7, 11) is 1.33. The highest BCUT2D eigenvalue weighted by Gasteiger charge is 2.32. The molecule has 1 rings (SSSR count). The van der Waals surface area contributed by atoms with Crippen LogP contribution in [-0.2, 0) is 9.53 Å². The van der Waals surface area contributed by atoms with Crippen molar-refractivity contribution in [2.45, 2.75) is 65.8 Å². The molecular weight excluding hydrogens is 266 g/mol. The summed E-state index contributed by atoms with van der Waals surface area (Å²) in [6.45, 7) is 8.42. The van der Waals surface area contributed by atoms with Crippen LogP contribution in [0.1, 0.15) is 59.8 Å². The number of carbonyl (C=O) groups is 2. The predicted octanol–water partition coefficient (Wildman–Crippen LogP) is 3.79.